The number of nitrogens with two attached hydrogens (primary N) is 1. The third kappa shape index (κ3) is 2.72. The third-order valence-corrected chi connectivity index (χ3v) is 5.49. The van der Waals surface area contributed by atoms with Crippen LogP contribution in [-0.4, -0.2) is 41.7 Å². The molecule has 1 saturated heterocycles. The van der Waals surface area contributed by atoms with E-state index in [9.17, 15) is 0 Å². The Morgan fingerprint density at radius 1 is 1.32 bits per heavy atom. The van der Waals surface area contributed by atoms with E-state index in [2.05, 4.69) is 38.5 Å². The van der Waals surface area contributed by atoms with Gasteiger partial charge in [0.2, 0.25) is 5.95 Å². The van der Waals surface area contributed by atoms with Gasteiger partial charge in [-0.2, -0.15) is 9.97 Å². The van der Waals surface area contributed by atoms with Gasteiger partial charge in [-0.05, 0) is 38.0 Å². The maximum Gasteiger partial charge on any atom is 0.223 e. The van der Waals surface area contributed by atoms with Crippen molar-refractivity contribution in [2.75, 3.05) is 35.6 Å². The van der Waals surface area contributed by atoms with Crippen LogP contribution in [0.25, 0.3) is 0 Å². The Morgan fingerprint density at radius 2 is 2.23 bits per heavy atom. The minimum absolute atomic E-state index is 0.370. The summed E-state index contributed by atoms with van der Waals surface area (Å²) in [4.78, 5) is 11.1. The van der Waals surface area contributed by atoms with Crippen molar-refractivity contribution in [1.82, 2.24) is 15.3 Å². The molecule has 4 atom stereocenters. The minimum Gasteiger partial charge on any atom is -0.368 e. The van der Waals surface area contributed by atoms with Crippen LogP contribution < -0.4 is 21.3 Å². The van der Waals surface area contributed by atoms with E-state index in [1.165, 1.54) is 25.7 Å². The summed E-state index contributed by atoms with van der Waals surface area (Å²) in [5.74, 6) is 3.96. The van der Waals surface area contributed by atoms with E-state index in [4.69, 9.17) is 5.73 Å². The number of rotatable bonds is 3. The highest BCUT2D eigenvalue weighted by atomic mass is 15.3. The average molecular weight is 302 g/mol. The van der Waals surface area contributed by atoms with Gasteiger partial charge in [-0.1, -0.05) is 6.42 Å². The first kappa shape index (κ1) is 14.1. The minimum atomic E-state index is 0.370. The molecule has 1 aromatic rings. The molecule has 0 aromatic carbocycles. The standard InChI is InChI=1S/C16H26N6/c1-10-9-22(5-4-18-10)15-8-14(20-16(17)21-15)19-13-7-11-2-3-12(13)6-11/h8,10-13,18H,2-7,9H2,1H3,(H3,17,19,20,21). The number of hydrogen-bond acceptors (Lipinski definition) is 6. The van der Waals surface area contributed by atoms with E-state index in [0.717, 1.165) is 43.1 Å². The molecular formula is C16H26N6. The first-order chi connectivity index (χ1) is 10.7. The molecule has 6 heteroatoms. The molecule has 1 aliphatic heterocycles. The molecule has 22 heavy (non-hydrogen) atoms. The van der Waals surface area contributed by atoms with E-state index in [0.29, 0.717) is 18.0 Å². The molecule has 3 aliphatic rings. The van der Waals surface area contributed by atoms with Crippen molar-refractivity contribution >= 4 is 17.6 Å². The molecule has 0 amide bonds. The van der Waals surface area contributed by atoms with Gasteiger partial charge in [0.1, 0.15) is 11.6 Å². The summed E-state index contributed by atoms with van der Waals surface area (Å²) < 4.78 is 0. The summed E-state index contributed by atoms with van der Waals surface area (Å²) in [7, 11) is 0. The molecule has 2 bridgehead atoms. The second kappa shape index (κ2) is 5.57. The van der Waals surface area contributed by atoms with E-state index < -0.39 is 0 Å². The summed E-state index contributed by atoms with van der Waals surface area (Å²) in [6, 6.07) is 3.12. The molecule has 1 aromatic heterocycles. The molecule has 2 saturated carbocycles. The van der Waals surface area contributed by atoms with Crippen molar-refractivity contribution in [3.8, 4) is 0 Å². The fourth-order valence-electron chi connectivity index (χ4n) is 4.44. The van der Waals surface area contributed by atoms with Crippen LogP contribution >= 0.6 is 0 Å². The van der Waals surface area contributed by atoms with Crippen LogP contribution in [0.15, 0.2) is 6.07 Å². The maximum atomic E-state index is 5.95. The lowest BCUT2D eigenvalue weighted by molar-refractivity contribution is 0.439. The first-order valence-corrected chi connectivity index (χ1v) is 8.57. The summed E-state index contributed by atoms with van der Waals surface area (Å²) in [5, 5.41) is 7.09. The van der Waals surface area contributed by atoms with Crippen LogP contribution in [0.4, 0.5) is 17.6 Å². The van der Waals surface area contributed by atoms with E-state index in [1.807, 2.05) is 0 Å². The number of aromatic nitrogens is 2. The van der Waals surface area contributed by atoms with Gasteiger partial charge in [-0.3, -0.25) is 0 Å². The van der Waals surface area contributed by atoms with Crippen molar-refractivity contribution in [2.45, 2.75) is 44.7 Å². The molecule has 4 unspecified atom stereocenters. The van der Waals surface area contributed by atoms with Crippen LogP contribution in [0, 0.1) is 11.8 Å². The normalized spacial score (nSPS) is 34.1. The van der Waals surface area contributed by atoms with Crippen LogP contribution in [0.5, 0.6) is 0 Å². The highest BCUT2D eigenvalue weighted by molar-refractivity contribution is 5.53. The van der Waals surface area contributed by atoms with Gasteiger partial charge in [0, 0.05) is 37.8 Å². The summed E-state index contributed by atoms with van der Waals surface area (Å²) >= 11 is 0. The van der Waals surface area contributed by atoms with Gasteiger partial charge in [0.05, 0.1) is 0 Å². The van der Waals surface area contributed by atoms with E-state index in [-0.39, 0.29) is 0 Å². The lowest BCUT2D eigenvalue weighted by atomic mass is 9.95. The Hall–Kier alpha value is -1.56. The molecule has 120 valence electrons. The number of anilines is 3. The van der Waals surface area contributed by atoms with Crippen molar-refractivity contribution in [2.24, 2.45) is 11.8 Å². The Labute approximate surface area is 131 Å². The molecular weight excluding hydrogens is 276 g/mol. The highest BCUT2D eigenvalue weighted by Crippen LogP contribution is 2.45. The predicted octanol–water partition coefficient (Wildman–Crippen LogP) is 1.46. The smallest absolute Gasteiger partial charge is 0.223 e. The quantitative estimate of drug-likeness (QED) is 0.784. The zero-order valence-electron chi connectivity index (χ0n) is 13.3. The van der Waals surface area contributed by atoms with E-state index >= 15 is 0 Å². The molecule has 0 radical (unpaired) electrons. The van der Waals surface area contributed by atoms with Crippen LogP contribution in [0.3, 0.4) is 0 Å². The molecule has 4 N–H and O–H groups in total. The van der Waals surface area contributed by atoms with Crippen molar-refractivity contribution < 1.29 is 0 Å². The van der Waals surface area contributed by atoms with Crippen molar-refractivity contribution in [1.29, 1.82) is 0 Å². The van der Waals surface area contributed by atoms with E-state index in [1.54, 1.807) is 0 Å². The van der Waals surface area contributed by atoms with Gasteiger partial charge < -0.3 is 21.3 Å². The topological polar surface area (TPSA) is 79.1 Å². The highest BCUT2D eigenvalue weighted by Gasteiger charge is 2.39. The number of nitrogen functional groups attached to an aromatic ring is 1. The predicted molar refractivity (Wildman–Crippen MR) is 89.0 cm³/mol. The SMILES string of the molecule is CC1CN(c2cc(NC3CC4CCC3C4)nc(N)n2)CCN1. The zero-order chi connectivity index (χ0) is 15.1. The Morgan fingerprint density at radius 3 is 2.95 bits per heavy atom. The van der Waals surface area contributed by atoms with Crippen molar-refractivity contribution in [3.05, 3.63) is 6.07 Å². The Kier molecular flexibility index (Phi) is 3.56. The number of nitrogens with one attached hydrogen (secondary N) is 2. The molecule has 4 rings (SSSR count). The second-order valence-corrected chi connectivity index (χ2v) is 7.20. The molecule has 0 spiro atoms. The van der Waals surface area contributed by atoms with Gasteiger partial charge in [-0.15, -0.1) is 0 Å². The largest absolute Gasteiger partial charge is 0.368 e. The number of piperazine rings is 1. The van der Waals surface area contributed by atoms with Gasteiger partial charge >= 0.3 is 0 Å². The maximum absolute atomic E-state index is 5.95. The molecule has 3 fully saturated rings. The van der Waals surface area contributed by atoms with Crippen LogP contribution in [0.2, 0.25) is 0 Å². The first-order valence-electron chi connectivity index (χ1n) is 8.57. The van der Waals surface area contributed by atoms with Crippen LogP contribution in [-0.2, 0) is 0 Å². The number of fused-ring (bicyclic) bond motifs is 2. The fraction of sp³-hybridized carbons (Fsp3) is 0.750. The second-order valence-electron chi connectivity index (χ2n) is 7.20. The average Bonchev–Trinajstić information content (AvgIpc) is 3.09. The monoisotopic (exact) mass is 302 g/mol. The molecule has 6 nitrogen and oxygen atoms in total. The van der Waals surface area contributed by atoms with Gasteiger partial charge in [0.15, 0.2) is 0 Å². The van der Waals surface area contributed by atoms with Gasteiger partial charge in [0.25, 0.3) is 0 Å². The zero-order valence-corrected chi connectivity index (χ0v) is 13.3. The third-order valence-electron chi connectivity index (χ3n) is 5.49. The van der Waals surface area contributed by atoms with Gasteiger partial charge in [-0.25, -0.2) is 0 Å². The lowest BCUT2D eigenvalue weighted by Crippen LogP contribution is -2.49. The lowest BCUT2D eigenvalue weighted by Gasteiger charge is -2.33. The Bertz CT molecular complexity index is 547. The summed E-state index contributed by atoms with van der Waals surface area (Å²) in [6.45, 7) is 5.11. The fourth-order valence-corrected chi connectivity index (χ4v) is 4.44. The molecule has 2 heterocycles. The summed E-state index contributed by atoms with van der Waals surface area (Å²) in [6.07, 6.45) is 5.46. The number of hydrogen-bond donors (Lipinski definition) is 3. The number of nitrogens with zero attached hydrogens (tertiary/aromatic N) is 3. The Balaban J connectivity index is 1.50. The molecule has 2 aliphatic carbocycles. The van der Waals surface area contributed by atoms with Crippen molar-refractivity contribution in [3.63, 3.8) is 0 Å². The van der Waals surface area contributed by atoms with Crippen LogP contribution in [0.1, 0.15) is 32.6 Å². The summed E-state index contributed by atoms with van der Waals surface area (Å²) in [5.41, 5.74) is 5.95.